The molecule has 0 unspecified atom stereocenters. The van der Waals surface area contributed by atoms with Crippen LogP contribution in [0.5, 0.6) is 0 Å². The van der Waals surface area contributed by atoms with E-state index in [0.717, 1.165) is 0 Å². The van der Waals surface area contributed by atoms with E-state index >= 15 is 0 Å². The molecule has 3 rings (SSSR count). The maximum Gasteiger partial charge on any atom is 0.449 e. The molecule has 0 saturated heterocycles. The molecule has 1 N–H and O–H groups in total. The van der Waals surface area contributed by atoms with Crippen molar-refractivity contribution in [3.05, 3.63) is 66.3 Å². The molecule has 0 amide bonds. The third kappa shape index (κ3) is 3.70. The standard InChI is InChI=1S/C15H12ClF3N4O3/c16-10-2-1-8(5-12(10)23(25)26)6-22-4-3-11-9(7-22)13(24)21-14(20-11)15(17,18)19/h1-2,5H,3-4,6-7H2,(H,20,21,24). The lowest BCUT2D eigenvalue weighted by Crippen LogP contribution is -2.36. The normalized spacial score (nSPS) is 14.9. The van der Waals surface area contributed by atoms with Gasteiger partial charge in [-0.15, -0.1) is 0 Å². The Labute approximate surface area is 149 Å². The smallest absolute Gasteiger partial charge is 0.303 e. The number of aromatic amines is 1. The van der Waals surface area contributed by atoms with E-state index in [0.29, 0.717) is 12.1 Å². The van der Waals surface area contributed by atoms with E-state index in [4.69, 9.17) is 11.6 Å². The zero-order chi connectivity index (χ0) is 19.1. The summed E-state index contributed by atoms with van der Waals surface area (Å²) in [6.07, 6.45) is -4.54. The predicted octanol–water partition coefficient (Wildman–Crippen LogP) is 2.91. The van der Waals surface area contributed by atoms with Crippen LogP contribution in [-0.4, -0.2) is 26.3 Å². The molecule has 0 atom stereocenters. The van der Waals surface area contributed by atoms with Crippen molar-refractivity contribution in [3.63, 3.8) is 0 Å². The summed E-state index contributed by atoms with van der Waals surface area (Å²) in [5.41, 5.74) is -0.141. The molecule has 2 aromatic rings. The van der Waals surface area contributed by atoms with Crippen molar-refractivity contribution in [1.82, 2.24) is 14.9 Å². The van der Waals surface area contributed by atoms with Gasteiger partial charge in [-0.25, -0.2) is 4.98 Å². The number of H-pyrrole nitrogens is 1. The summed E-state index contributed by atoms with van der Waals surface area (Å²) in [7, 11) is 0. The average molecular weight is 389 g/mol. The zero-order valence-electron chi connectivity index (χ0n) is 13.1. The molecule has 7 nitrogen and oxygen atoms in total. The molecule has 1 aliphatic heterocycles. The number of nitro benzene ring substituents is 1. The minimum atomic E-state index is -4.71. The van der Waals surface area contributed by atoms with E-state index < -0.39 is 22.5 Å². The van der Waals surface area contributed by atoms with Crippen LogP contribution >= 0.6 is 11.6 Å². The van der Waals surface area contributed by atoms with Crippen LogP contribution in [0.4, 0.5) is 18.9 Å². The lowest BCUT2D eigenvalue weighted by atomic mass is 10.1. The summed E-state index contributed by atoms with van der Waals surface area (Å²) < 4.78 is 38.2. The molecule has 0 bridgehead atoms. The Kier molecular flexibility index (Phi) is 4.72. The molecule has 1 aromatic carbocycles. The van der Waals surface area contributed by atoms with E-state index in [1.165, 1.54) is 12.1 Å². The van der Waals surface area contributed by atoms with Crippen LogP contribution in [0.15, 0.2) is 23.0 Å². The number of hydrogen-bond donors (Lipinski definition) is 1. The van der Waals surface area contributed by atoms with Gasteiger partial charge in [0.05, 0.1) is 16.2 Å². The molecule has 0 fully saturated rings. The number of nitrogens with one attached hydrogen (secondary N) is 1. The maximum absolute atomic E-state index is 12.7. The van der Waals surface area contributed by atoms with Crippen molar-refractivity contribution in [2.45, 2.75) is 25.7 Å². The van der Waals surface area contributed by atoms with Gasteiger partial charge < -0.3 is 4.98 Å². The topological polar surface area (TPSA) is 92.1 Å². The van der Waals surface area contributed by atoms with Crippen LogP contribution in [0.1, 0.15) is 22.6 Å². The second-order valence-electron chi connectivity index (χ2n) is 5.84. The third-order valence-electron chi connectivity index (χ3n) is 4.03. The van der Waals surface area contributed by atoms with Crippen molar-refractivity contribution in [3.8, 4) is 0 Å². The summed E-state index contributed by atoms with van der Waals surface area (Å²) in [6, 6.07) is 4.38. The van der Waals surface area contributed by atoms with Gasteiger partial charge in [0.2, 0.25) is 5.82 Å². The Balaban J connectivity index is 1.82. The number of halogens is 4. The number of benzene rings is 1. The largest absolute Gasteiger partial charge is 0.449 e. The number of nitrogens with zero attached hydrogens (tertiary/aromatic N) is 3. The van der Waals surface area contributed by atoms with Crippen molar-refractivity contribution < 1.29 is 18.1 Å². The fourth-order valence-corrected chi connectivity index (χ4v) is 2.99. The lowest BCUT2D eigenvalue weighted by Gasteiger charge is -2.27. The second kappa shape index (κ2) is 6.69. The van der Waals surface area contributed by atoms with Crippen LogP contribution in [0.2, 0.25) is 5.02 Å². The highest BCUT2D eigenvalue weighted by atomic mass is 35.5. The van der Waals surface area contributed by atoms with E-state index in [-0.39, 0.29) is 41.5 Å². The first-order valence-corrected chi connectivity index (χ1v) is 7.87. The molecule has 0 aliphatic carbocycles. The summed E-state index contributed by atoms with van der Waals surface area (Å²) in [6.45, 7) is 0.765. The Morgan fingerprint density at radius 1 is 1.38 bits per heavy atom. The summed E-state index contributed by atoms with van der Waals surface area (Å²) in [5.74, 6) is -1.30. The number of nitro groups is 1. The van der Waals surface area contributed by atoms with Crippen LogP contribution in [-0.2, 0) is 25.7 Å². The summed E-state index contributed by atoms with van der Waals surface area (Å²) >= 11 is 5.77. The first-order valence-electron chi connectivity index (χ1n) is 7.49. The van der Waals surface area contributed by atoms with Gasteiger partial charge in [0.15, 0.2) is 0 Å². The first-order chi connectivity index (χ1) is 12.1. The molecule has 0 saturated carbocycles. The van der Waals surface area contributed by atoms with Crippen LogP contribution in [0.3, 0.4) is 0 Å². The third-order valence-corrected chi connectivity index (χ3v) is 4.35. The van der Waals surface area contributed by atoms with Gasteiger partial charge in [-0.3, -0.25) is 19.8 Å². The van der Waals surface area contributed by atoms with Gasteiger partial charge in [0.25, 0.3) is 11.2 Å². The lowest BCUT2D eigenvalue weighted by molar-refractivity contribution is -0.384. The number of alkyl halides is 3. The SMILES string of the molecule is O=c1[nH]c(C(F)(F)F)nc2c1CN(Cc1ccc(Cl)c([N+](=O)[O-])c1)CC2. The fourth-order valence-electron chi connectivity index (χ4n) is 2.80. The van der Waals surface area contributed by atoms with E-state index in [1.807, 2.05) is 0 Å². The average Bonchev–Trinajstić information content (AvgIpc) is 2.56. The highest BCUT2D eigenvalue weighted by Crippen LogP contribution is 2.28. The number of hydrogen-bond acceptors (Lipinski definition) is 5. The van der Waals surface area contributed by atoms with Gasteiger partial charge in [-0.2, -0.15) is 13.2 Å². The summed E-state index contributed by atoms with van der Waals surface area (Å²) in [5, 5.41) is 11.0. The number of aromatic nitrogens is 2. The Morgan fingerprint density at radius 3 is 2.77 bits per heavy atom. The monoisotopic (exact) mass is 388 g/mol. The van der Waals surface area contributed by atoms with E-state index in [9.17, 15) is 28.1 Å². The molecule has 138 valence electrons. The van der Waals surface area contributed by atoms with Gasteiger partial charge in [-0.05, 0) is 11.6 Å². The Hall–Kier alpha value is -2.46. The zero-order valence-corrected chi connectivity index (χ0v) is 13.9. The maximum atomic E-state index is 12.7. The molecule has 1 aliphatic rings. The van der Waals surface area contributed by atoms with Crippen molar-refractivity contribution >= 4 is 17.3 Å². The van der Waals surface area contributed by atoms with E-state index in [2.05, 4.69) is 4.98 Å². The van der Waals surface area contributed by atoms with Gasteiger partial charge >= 0.3 is 6.18 Å². The Bertz CT molecular complexity index is 929. The molecule has 2 heterocycles. The molecule has 11 heteroatoms. The first kappa shape index (κ1) is 18.3. The quantitative estimate of drug-likeness (QED) is 0.644. The highest BCUT2D eigenvalue weighted by molar-refractivity contribution is 6.32. The van der Waals surface area contributed by atoms with Gasteiger partial charge in [-0.1, -0.05) is 17.7 Å². The van der Waals surface area contributed by atoms with Gasteiger partial charge in [0.1, 0.15) is 5.02 Å². The van der Waals surface area contributed by atoms with E-state index in [1.54, 1.807) is 16.0 Å². The van der Waals surface area contributed by atoms with Crippen LogP contribution < -0.4 is 5.56 Å². The fraction of sp³-hybridized carbons (Fsp3) is 0.333. The van der Waals surface area contributed by atoms with Crippen molar-refractivity contribution in [2.24, 2.45) is 0 Å². The van der Waals surface area contributed by atoms with Crippen LogP contribution in [0, 0.1) is 10.1 Å². The minimum Gasteiger partial charge on any atom is -0.303 e. The second-order valence-corrected chi connectivity index (χ2v) is 6.25. The molecule has 0 spiro atoms. The molecular weight excluding hydrogens is 377 g/mol. The number of fused-ring (bicyclic) bond motifs is 1. The molecule has 26 heavy (non-hydrogen) atoms. The Morgan fingerprint density at radius 2 is 2.12 bits per heavy atom. The predicted molar refractivity (Wildman–Crippen MR) is 85.8 cm³/mol. The molecular formula is C15H12ClF3N4O3. The minimum absolute atomic E-state index is 0.0167. The highest BCUT2D eigenvalue weighted by Gasteiger charge is 2.36. The van der Waals surface area contributed by atoms with Crippen molar-refractivity contribution in [1.29, 1.82) is 0 Å². The van der Waals surface area contributed by atoms with Gasteiger partial charge in [0, 0.05) is 32.1 Å². The molecule has 1 aromatic heterocycles. The summed E-state index contributed by atoms with van der Waals surface area (Å²) in [4.78, 5) is 29.4. The van der Waals surface area contributed by atoms with Crippen molar-refractivity contribution in [2.75, 3.05) is 6.54 Å². The number of rotatable bonds is 3. The molecule has 0 radical (unpaired) electrons. The van der Waals surface area contributed by atoms with Crippen LogP contribution in [0.25, 0.3) is 0 Å².